The molecule has 0 bridgehead atoms. The molecule has 0 fully saturated rings. The predicted octanol–water partition coefficient (Wildman–Crippen LogP) is 1.90. The van der Waals surface area contributed by atoms with E-state index in [2.05, 4.69) is 42.4 Å². The van der Waals surface area contributed by atoms with E-state index < -0.39 is 0 Å². The van der Waals surface area contributed by atoms with Gasteiger partial charge in [-0.2, -0.15) is 0 Å². The topological polar surface area (TPSA) is 95.1 Å². The number of nitrogens with two attached hydrogens (primary N) is 1. The number of aryl methyl sites for hydroxylation is 3. The third-order valence-electron chi connectivity index (χ3n) is 3.83. The Hall–Kier alpha value is -2.22. The van der Waals surface area contributed by atoms with Gasteiger partial charge in [0.25, 0.3) is 0 Å². The van der Waals surface area contributed by atoms with Crippen LogP contribution in [-0.4, -0.2) is 39.7 Å². The lowest BCUT2D eigenvalue weighted by Crippen LogP contribution is -2.27. The Balaban J connectivity index is 1.66. The van der Waals surface area contributed by atoms with Crippen molar-refractivity contribution in [2.45, 2.75) is 39.3 Å². The number of benzene rings is 1. The van der Waals surface area contributed by atoms with Crippen molar-refractivity contribution in [3.8, 4) is 5.75 Å². The van der Waals surface area contributed by atoms with E-state index in [1.807, 2.05) is 6.07 Å². The van der Waals surface area contributed by atoms with Gasteiger partial charge in [-0.15, -0.1) is 10.2 Å². The molecule has 0 unspecified atom stereocenters. The van der Waals surface area contributed by atoms with Gasteiger partial charge < -0.3 is 15.9 Å². The molecule has 1 aromatic carbocycles. The number of carbonyl (C=O) groups is 1. The molecule has 3 N–H and O–H groups in total. The molecule has 0 saturated heterocycles. The van der Waals surface area contributed by atoms with E-state index in [0.29, 0.717) is 24.1 Å². The lowest BCUT2D eigenvalue weighted by molar-refractivity contribution is -0.118. The van der Waals surface area contributed by atoms with E-state index in [0.717, 1.165) is 17.7 Å². The molecule has 25 heavy (non-hydrogen) atoms. The number of ether oxygens (including phenoxy) is 1. The van der Waals surface area contributed by atoms with Crippen molar-refractivity contribution >= 4 is 17.7 Å². The molecule has 7 nitrogen and oxygen atoms in total. The minimum absolute atomic E-state index is 0.0618. The zero-order chi connectivity index (χ0) is 18.4. The van der Waals surface area contributed by atoms with Crippen LogP contribution < -0.4 is 15.9 Å². The Morgan fingerprint density at radius 3 is 2.72 bits per heavy atom. The standard InChI is InChI=1S/C17H25N5O2S/c1-11-8-12(2)13(3)15(9-11)24-7-5-6-19-16(23)10-25-17-21-20-14(4)22(17)18/h8-9H,5-7,10,18H2,1-4H3,(H,19,23). The highest BCUT2D eigenvalue weighted by Gasteiger charge is 2.09. The Kier molecular flexibility index (Phi) is 6.69. The van der Waals surface area contributed by atoms with E-state index in [9.17, 15) is 4.79 Å². The summed E-state index contributed by atoms with van der Waals surface area (Å²) in [6.07, 6.45) is 0.745. The highest BCUT2D eigenvalue weighted by atomic mass is 32.2. The summed E-state index contributed by atoms with van der Waals surface area (Å²) in [5.74, 6) is 7.46. The normalized spacial score (nSPS) is 10.7. The zero-order valence-electron chi connectivity index (χ0n) is 15.1. The Morgan fingerprint density at radius 1 is 1.28 bits per heavy atom. The fraction of sp³-hybridized carbons (Fsp3) is 0.471. The van der Waals surface area contributed by atoms with Crippen LogP contribution >= 0.6 is 11.8 Å². The Morgan fingerprint density at radius 2 is 2.04 bits per heavy atom. The summed E-state index contributed by atoms with van der Waals surface area (Å²) in [4.78, 5) is 11.8. The quantitative estimate of drug-likeness (QED) is 0.423. The summed E-state index contributed by atoms with van der Waals surface area (Å²) in [5, 5.41) is 11.1. The molecule has 1 heterocycles. The van der Waals surface area contributed by atoms with E-state index in [1.165, 1.54) is 27.6 Å². The van der Waals surface area contributed by atoms with Gasteiger partial charge in [-0.25, -0.2) is 4.68 Å². The van der Waals surface area contributed by atoms with Gasteiger partial charge in [-0.1, -0.05) is 17.8 Å². The fourth-order valence-electron chi connectivity index (χ4n) is 2.26. The number of nitrogen functional groups attached to an aromatic ring is 1. The number of aromatic nitrogens is 3. The van der Waals surface area contributed by atoms with Crippen LogP contribution in [0.25, 0.3) is 0 Å². The van der Waals surface area contributed by atoms with Crippen molar-refractivity contribution in [2.24, 2.45) is 0 Å². The first-order chi connectivity index (χ1) is 11.9. The van der Waals surface area contributed by atoms with Gasteiger partial charge in [0, 0.05) is 6.54 Å². The maximum absolute atomic E-state index is 11.8. The number of nitrogens with one attached hydrogen (secondary N) is 1. The molecule has 0 spiro atoms. The third-order valence-corrected chi connectivity index (χ3v) is 4.78. The molecule has 0 aliphatic heterocycles. The van der Waals surface area contributed by atoms with E-state index in [-0.39, 0.29) is 11.7 Å². The lowest BCUT2D eigenvalue weighted by Gasteiger charge is -2.12. The van der Waals surface area contributed by atoms with Gasteiger partial charge in [0.15, 0.2) is 0 Å². The summed E-state index contributed by atoms with van der Waals surface area (Å²) >= 11 is 1.26. The van der Waals surface area contributed by atoms with Crippen molar-refractivity contribution in [3.05, 3.63) is 34.6 Å². The zero-order valence-corrected chi connectivity index (χ0v) is 15.9. The number of rotatable bonds is 8. The SMILES string of the molecule is Cc1cc(C)c(C)c(OCCCNC(=O)CSc2nnc(C)n2N)c1. The van der Waals surface area contributed by atoms with Crippen molar-refractivity contribution in [3.63, 3.8) is 0 Å². The minimum atomic E-state index is -0.0618. The first-order valence-corrected chi connectivity index (χ1v) is 9.14. The molecule has 0 atom stereocenters. The van der Waals surface area contributed by atoms with Crippen LogP contribution in [0.15, 0.2) is 17.3 Å². The average molecular weight is 363 g/mol. The van der Waals surface area contributed by atoms with Crippen LogP contribution in [-0.2, 0) is 4.79 Å². The average Bonchev–Trinajstić information content (AvgIpc) is 2.88. The summed E-state index contributed by atoms with van der Waals surface area (Å²) in [5.41, 5.74) is 3.57. The predicted molar refractivity (Wildman–Crippen MR) is 99.4 cm³/mol. The first kappa shape index (κ1) is 19.1. The molecular formula is C17H25N5O2S. The largest absolute Gasteiger partial charge is 0.493 e. The second-order valence-corrected chi connectivity index (χ2v) is 6.89. The third kappa shape index (κ3) is 5.38. The summed E-state index contributed by atoms with van der Waals surface area (Å²) in [6.45, 7) is 9.08. The van der Waals surface area contributed by atoms with Crippen LogP contribution in [0.4, 0.5) is 0 Å². The molecule has 2 rings (SSSR count). The second kappa shape index (κ2) is 8.75. The molecule has 0 saturated carbocycles. The number of hydrogen-bond donors (Lipinski definition) is 2. The molecular weight excluding hydrogens is 338 g/mol. The highest BCUT2D eigenvalue weighted by Crippen LogP contribution is 2.23. The maximum Gasteiger partial charge on any atom is 0.230 e. The van der Waals surface area contributed by atoms with Crippen molar-refractivity contribution < 1.29 is 9.53 Å². The molecule has 2 aromatic rings. The van der Waals surface area contributed by atoms with Crippen LogP contribution in [0.1, 0.15) is 28.9 Å². The molecule has 1 aromatic heterocycles. The van der Waals surface area contributed by atoms with E-state index in [4.69, 9.17) is 10.6 Å². The molecule has 136 valence electrons. The first-order valence-electron chi connectivity index (χ1n) is 8.15. The fourth-order valence-corrected chi connectivity index (χ4v) is 2.99. The van der Waals surface area contributed by atoms with Crippen LogP contribution in [0.3, 0.4) is 0 Å². The molecule has 1 amide bonds. The minimum Gasteiger partial charge on any atom is -0.493 e. The van der Waals surface area contributed by atoms with Crippen LogP contribution in [0, 0.1) is 27.7 Å². The smallest absolute Gasteiger partial charge is 0.230 e. The van der Waals surface area contributed by atoms with Crippen LogP contribution in [0.5, 0.6) is 5.75 Å². The van der Waals surface area contributed by atoms with Crippen molar-refractivity contribution in [2.75, 3.05) is 24.7 Å². The summed E-state index contributed by atoms with van der Waals surface area (Å²) < 4.78 is 7.21. The summed E-state index contributed by atoms with van der Waals surface area (Å²) in [7, 11) is 0. The molecule has 0 aliphatic rings. The number of nitrogens with zero attached hydrogens (tertiary/aromatic N) is 3. The molecule has 8 heteroatoms. The lowest BCUT2D eigenvalue weighted by atomic mass is 10.1. The number of carbonyl (C=O) groups excluding carboxylic acids is 1. The Bertz CT molecular complexity index is 745. The highest BCUT2D eigenvalue weighted by molar-refractivity contribution is 7.99. The van der Waals surface area contributed by atoms with Gasteiger partial charge in [-0.3, -0.25) is 4.79 Å². The monoisotopic (exact) mass is 363 g/mol. The molecule has 0 aliphatic carbocycles. The van der Waals surface area contributed by atoms with E-state index >= 15 is 0 Å². The van der Waals surface area contributed by atoms with Gasteiger partial charge in [0.2, 0.25) is 11.1 Å². The van der Waals surface area contributed by atoms with Crippen LogP contribution in [0.2, 0.25) is 0 Å². The van der Waals surface area contributed by atoms with Crippen molar-refractivity contribution in [1.82, 2.24) is 20.2 Å². The van der Waals surface area contributed by atoms with Gasteiger partial charge >= 0.3 is 0 Å². The molecule has 0 radical (unpaired) electrons. The Labute approximate surface area is 152 Å². The van der Waals surface area contributed by atoms with Crippen molar-refractivity contribution in [1.29, 1.82) is 0 Å². The van der Waals surface area contributed by atoms with Gasteiger partial charge in [0.05, 0.1) is 12.4 Å². The second-order valence-electron chi connectivity index (χ2n) is 5.95. The maximum atomic E-state index is 11.8. The van der Waals surface area contributed by atoms with E-state index in [1.54, 1.807) is 6.92 Å². The van der Waals surface area contributed by atoms with Gasteiger partial charge in [-0.05, 0) is 56.9 Å². The number of hydrogen-bond acceptors (Lipinski definition) is 6. The number of thioether (sulfide) groups is 1. The summed E-state index contributed by atoms with van der Waals surface area (Å²) in [6, 6.07) is 4.19. The number of amides is 1. The van der Waals surface area contributed by atoms with Gasteiger partial charge in [0.1, 0.15) is 11.6 Å².